The average molecular weight is 308 g/mol. The molecule has 22 heavy (non-hydrogen) atoms. The van der Waals surface area contributed by atoms with Crippen LogP contribution in [0.15, 0.2) is 24.3 Å². The number of anilines is 1. The fourth-order valence-electron chi connectivity index (χ4n) is 2.57. The van der Waals surface area contributed by atoms with Gasteiger partial charge in [-0.25, -0.2) is 4.39 Å². The first-order valence-corrected chi connectivity index (χ1v) is 7.64. The summed E-state index contributed by atoms with van der Waals surface area (Å²) >= 11 is 0. The number of hydrogen-bond donors (Lipinski definition) is 2. The molecule has 1 heterocycles. The fraction of sp³-hybridized carbons (Fsp3) is 0.500. The second-order valence-corrected chi connectivity index (χ2v) is 5.83. The third-order valence-corrected chi connectivity index (χ3v) is 4.09. The highest BCUT2D eigenvalue weighted by Gasteiger charge is 2.29. The zero-order valence-electron chi connectivity index (χ0n) is 13.1. The predicted octanol–water partition coefficient (Wildman–Crippen LogP) is 0.290. The summed E-state index contributed by atoms with van der Waals surface area (Å²) in [6.07, 6.45) is 2.12. The van der Waals surface area contributed by atoms with Crippen LogP contribution in [0.4, 0.5) is 10.1 Å². The van der Waals surface area contributed by atoms with Crippen LogP contribution in [0.5, 0.6) is 0 Å². The normalized spacial score (nSPS) is 17.1. The minimum Gasteiger partial charge on any atom is -0.338 e. The second kappa shape index (κ2) is 7.35. The van der Waals surface area contributed by atoms with Crippen molar-refractivity contribution < 1.29 is 18.9 Å². The molecule has 0 aliphatic carbocycles. The average Bonchev–Trinajstić information content (AvgIpc) is 3.02. The Morgan fingerprint density at radius 1 is 1.27 bits per heavy atom. The first-order chi connectivity index (χ1) is 10.5. The predicted molar refractivity (Wildman–Crippen MR) is 82.1 cm³/mol. The van der Waals surface area contributed by atoms with E-state index in [1.54, 1.807) is 0 Å². The molecule has 2 amide bonds. The molecule has 0 spiro atoms. The van der Waals surface area contributed by atoms with Gasteiger partial charge in [0.1, 0.15) is 5.82 Å². The van der Waals surface area contributed by atoms with Crippen molar-refractivity contribution in [3.05, 3.63) is 30.1 Å². The molecule has 6 heteroatoms. The van der Waals surface area contributed by atoms with Crippen LogP contribution in [0.1, 0.15) is 19.8 Å². The maximum atomic E-state index is 12.8. The molecule has 1 unspecified atom stereocenters. The Labute approximate surface area is 130 Å². The lowest BCUT2D eigenvalue weighted by Crippen LogP contribution is -3.15. The Kier molecular flexibility index (Phi) is 5.49. The van der Waals surface area contributed by atoms with Crippen LogP contribution >= 0.6 is 0 Å². The number of hydrogen-bond acceptors (Lipinski definition) is 2. The largest absolute Gasteiger partial charge is 0.338 e. The Hall–Kier alpha value is -1.95. The summed E-state index contributed by atoms with van der Waals surface area (Å²) < 4.78 is 12.8. The van der Waals surface area contributed by atoms with E-state index in [1.165, 1.54) is 24.3 Å². The number of likely N-dealkylation sites (tertiary alicyclic amines) is 1. The molecule has 5 nitrogen and oxygen atoms in total. The van der Waals surface area contributed by atoms with Gasteiger partial charge in [-0.1, -0.05) is 0 Å². The van der Waals surface area contributed by atoms with Crippen LogP contribution < -0.4 is 10.2 Å². The molecule has 1 aliphatic rings. The van der Waals surface area contributed by atoms with Gasteiger partial charge in [-0.2, -0.15) is 0 Å². The van der Waals surface area contributed by atoms with Crippen molar-refractivity contribution in [3.8, 4) is 0 Å². The van der Waals surface area contributed by atoms with Gasteiger partial charge in [0, 0.05) is 18.8 Å². The van der Waals surface area contributed by atoms with Crippen LogP contribution in [-0.2, 0) is 9.59 Å². The van der Waals surface area contributed by atoms with E-state index in [0.29, 0.717) is 5.69 Å². The van der Waals surface area contributed by atoms with E-state index < -0.39 is 0 Å². The number of carbonyl (C=O) groups is 2. The summed E-state index contributed by atoms with van der Waals surface area (Å²) in [5.74, 6) is -0.430. The smallest absolute Gasteiger partial charge is 0.280 e. The van der Waals surface area contributed by atoms with Gasteiger partial charge in [0.25, 0.3) is 11.8 Å². The van der Waals surface area contributed by atoms with Gasteiger partial charge in [-0.15, -0.1) is 0 Å². The molecule has 0 saturated carbocycles. The molecule has 1 aliphatic heterocycles. The molecule has 2 atom stereocenters. The highest BCUT2D eigenvalue weighted by atomic mass is 19.1. The van der Waals surface area contributed by atoms with E-state index in [2.05, 4.69) is 5.32 Å². The van der Waals surface area contributed by atoms with Crippen LogP contribution in [0, 0.1) is 5.82 Å². The third-order valence-electron chi connectivity index (χ3n) is 4.09. The summed E-state index contributed by atoms with van der Waals surface area (Å²) in [4.78, 5) is 27.0. The summed E-state index contributed by atoms with van der Waals surface area (Å²) in [6, 6.07) is 5.37. The van der Waals surface area contributed by atoms with E-state index in [-0.39, 0.29) is 30.2 Å². The van der Waals surface area contributed by atoms with Gasteiger partial charge >= 0.3 is 0 Å². The van der Waals surface area contributed by atoms with E-state index in [1.807, 2.05) is 18.9 Å². The van der Waals surface area contributed by atoms with Gasteiger partial charge in [0.15, 0.2) is 12.6 Å². The van der Waals surface area contributed by atoms with Gasteiger partial charge in [-0.3, -0.25) is 9.59 Å². The quantitative estimate of drug-likeness (QED) is 0.821. The number of nitrogens with zero attached hydrogens (tertiary/aromatic N) is 1. The van der Waals surface area contributed by atoms with E-state index in [9.17, 15) is 14.0 Å². The van der Waals surface area contributed by atoms with E-state index in [4.69, 9.17) is 0 Å². The van der Waals surface area contributed by atoms with Crippen molar-refractivity contribution in [1.29, 1.82) is 0 Å². The number of amides is 2. The Bertz CT molecular complexity index is 527. The van der Waals surface area contributed by atoms with Crippen molar-refractivity contribution >= 4 is 17.5 Å². The van der Waals surface area contributed by atoms with E-state index in [0.717, 1.165) is 30.8 Å². The topological polar surface area (TPSA) is 53.9 Å². The summed E-state index contributed by atoms with van der Waals surface area (Å²) in [5.41, 5.74) is 0.553. The monoisotopic (exact) mass is 308 g/mol. The van der Waals surface area contributed by atoms with Gasteiger partial charge in [0.05, 0.1) is 7.05 Å². The van der Waals surface area contributed by atoms with Gasteiger partial charge < -0.3 is 15.1 Å². The Morgan fingerprint density at radius 3 is 2.45 bits per heavy atom. The van der Waals surface area contributed by atoms with E-state index >= 15 is 0 Å². The molecular weight excluding hydrogens is 285 g/mol. The standard InChI is InChI=1S/C16H22FN3O2/c1-12(16(22)20-9-3-4-10-20)19(2)11-15(21)18-14-7-5-13(17)6-8-14/h5-8,12H,3-4,9-11H2,1-2H3,(H,18,21)/p+1/t12-/m1/s1. The summed E-state index contributed by atoms with van der Waals surface area (Å²) in [7, 11) is 1.84. The highest BCUT2D eigenvalue weighted by Crippen LogP contribution is 2.09. The van der Waals surface area contributed by atoms with Gasteiger partial charge in [0.2, 0.25) is 0 Å². The number of halogens is 1. The zero-order chi connectivity index (χ0) is 16.1. The number of likely N-dealkylation sites (N-methyl/N-ethyl adjacent to an activating group) is 1. The molecule has 1 aromatic rings. The molecule has 1 aromatic carbocycles. The SMILES string of the molecule is C[C@H](C(=O)N1CCCC1)[NH+](C)CC(=O)Nc1ccc(F)cc1. The van der Waals surface area contributed by atoms with Gasteiger partial charge in [-0.05, 0) is 44.0 Å². The molecule has 2 rings (SSSR count). The van der Waals surface area contributed by atoms with Crippen LogP contribution in [0.25, 0.3) is 0 Å². The molecule has 0 bridgehead atoms. The van der Waals surface area contributed by atoms with Crippen LogP contribution in [0.2, 0.25) is 0 Å². The molecule has 0 radical (unpaired) electrons. The third kappa shape index (κ3) is 4.27. The maximum Gasteiger partial charge on any atom is 0.280 e. The number of benzene rings is 1. The summed E-state index contributed by atoms with van der Waals surface area (Å²) in [6.45, 7) is 3.68. The minimum absolute atomic E-state index is 0.101. The molecular formula is C16H23FN3O2+. The van der Waals surface area contributed by atoms with Crippen LogP contribution in [0.3, 0.4) is 0 Å². The molecule has 1 fully saturated rings. The molecule has 2 N–H and O–H groups in total. The molecule has 0 aromatic heterocycles. The van der Waals surface area contributed by atoms with Crippen LogP contribution in [-0.4, -0.2) is 49.4 Å². The number of nitrogens with one attached hydrogen (secondary N) is 2. The van der Waals surface area contributed by atoms with Crippen molar-refractivity contribution in [2.75, 3.05) is 32.0 Å². The van der Waals surface area contributed by atoms with Crippen molar-refractivity contribution in [2.24, 2.45) is 0 Å². The van der Waals surface area contributed by atoms with Crippen molar-refractivity contribution in [1.82, 2.24) is 4.90 Å². The number of quaternary nitrogens is 1. The molecule has 120 valence electrons. The molecule has 1 saturated heterocycles. The Morgan fingerprint density at radius 2 is 1.86 bits per heavy atom. The lowest BCUT2D eigenvalue weighted by atomic mass is 10.2. The van der Waals surface area contributed by atoms with Crippen molar-refractivity contribution in [2.45, 2.75) is 25.8 Å². The maximum absolute atomic E-state index is 12.8. The highest BCUT2D eigenvalue weighted by molar-refractivity contribution is 5.91. The summed E-state index contributed by atoms with van der Waals surface area (Å²) in [5, 5.41) is 2.71. The zero-order valence-corrected chi connectivity index (χ0v) is 13.1. The second-order valence-electron chi connectivity index (χ2n) is 5.83. The first kappa shape index (κ1) is 16.4. The minimum atomic E-state index is -0.342. The lowest BCUT2D eigenvalue weighted by molar-refractivity contribution is -0.886. The van der Waals surface area contributed by atoms with Crippen molar-refractivity contribution in [3.63, 3.8) is 0 Å². The Balaban J connectivity index is 1.84. The number of rotatable bonds is 5. The fourth-order valence-corrected chi connectivity index (χ4v) is 2.57. The first-order valence-electron chi connectivity index (χ1n) is 7.64. The lowest BCUT2D eigenvalue weighted by Gasteiger charge is -2.24. The number of carbonyl (C=O) groups excluding carboxylic acids is 2.